The van der Waals surface area contributed by atoms with Gasteiger partial charge in [-0.1, -0.05) is 6.08 Å². The minimum Gasteiger partial charge on any atom is -0.496 e. The van der Waals surface area contributed by atoms with Crippen molar-refractivity contribution in [3.05, 3.63) is 53.3 Å². The standard InChI is InChI=1S/C24H26N2O7/c1-5-31-23(28)22-16(12-27)14(6-8-26-9-7-25-13-26)20-18(33-22)11-17-15(21(20)30-4)10-19(32-17)24(2,3)29/h6-7,9,11-13,19,29H,5,8,10H2,1-4H3. The van der Waals surface area contributed by atoms with E-state index in [0.717, 1.165) is 5.56 Å². The smallest absolute Gasteiger partial charge is 0.375 e. The van der Waals surface area contributed by atoms with Crippen LogP contribution in [0.25, 0.3) is 5.57 Å². The molecule has 0 amide bonds. The zero-order valence-corrected chi connectivity index (χ0v) is 19.0. The van der Waals surface area contributed by atoms with Crippen LogP contribution < -0.4 is 14.2 Å². The number of nitrogens with zero attached hydrogens (tertiary/aromatic N) is 2. The molecule has 3 heterocycles. The van der Waals surface area contributed by atoms with Gasteiger partial charge in [-0.15, -0.1) is 0 Å². The van der Waals surface area contributed by atoms with Gasteiger partial charge in [0.15, 0.2) is 6.29 Å². The number of hydrogen-bond acceptors (Lipinski definition) is 8. The summed E-state index contributed by atoms with van der Waals surface area (Å²) in [7, 11) is 1.52. The molecule has 1 aromatic carbocycles. The van der Waals surface area contributed by atoms with Gasteiger partial charge in [0.05, 0.1) is 36.8 Å². The highest BCUT2D eigenvalue weighted by Crippen LogP contribution is 2.51. The summed E-state index contributed by atoms with van der Waals surface area (Å²) in [6.45, 7) is 5.54. The molecular weight excluding hydrogens is 428 g/mol. The average molecular weight is 454 g/mol. The Hall–Kier alpha value is -3.59. The first kappa shape index (κ1) is 22.6. The fourth-order valence-electron chi connectivity index (χ4n) is 3.98. The van der Waals surface area contributed by atoms with Gasteiger partial charge >= 0.3 is 5.97 Å². The number of fused-ring (bicyclic) bond motifs is 2. The molecule has 0 bridgehead atoms. The third kappa shape index (κ3) is 4.11. The number of aliphatic hydroxyl groups is 1. The molecule has 1 unspecified atom stereocenters. The maximum Gasteiger partial charge on any atom is 0.375 e. The number of carbonyl (C=O) groups excluding carboxylic acids is 2. The van der Waals surface area contributed by atoms with Gasteiger partial charge < -0.3 is 28.6 Å². The third-order valence-corrected chi connectivity index (χ3v) is 5.62. The number of ether oxygens (including phenoxy) is 4. The highest BCUT2D eigenvalue weighted by molar-refractivity contribution is 6.09. The molecule has 1 aromatic heterocycles. The van der Waals surface area contributed by atoms with Crippen molar-refractivity contribution in [1.29, 1.82) is 0 Å². The van der Waals surface area contributed by atoms with Crippen molar-refractivity contribution in [1.82, 2.24) is 9.55 Å². The third-order valence-electron chi connectivity index (χ3n) is 5.62. The van der Waals surface area contributed by atoms with E-state index in [1.54, 1.807) is 45.6 Å². The normalized spacial score (nSPS) is 18.3. The van der Waals surface area contributed by atoms with Gasteiger partial charge in [-0.25, -0.2) is 9.78 Å². The summed E-state index contributed by atoms with van der Waals surface area (Å²) in [6, 6.07) is 1.66. The summed E-state index contributed by atoms with van der Waals surface area (Å²) in [5, 5.41) is 10.5. The first-order valence-electron chi connectivity index (χ1n) is 10.6. The van der Waals surface area contributed by atoms with Crippen LogP contribution in [0.15, 0.2) is 42.2 Å². The fraction of sp³-hybridized carbons (Fsp3) is 0.375. The minimum atomic E-state index is -1.09. The Labute approximate surface area is 191 Å². The van der Waals surface area contributed by atoms with Gasteiger partial charge in [0.2, 0.25) is 5.76 Å². The van der Waals surface area contributed by atoms with Gasteiger partial charge in [-0.2, -0.15) is 0 Å². The molecule has 0 fully saturated rings. The van der Waals surface area contributed by atoms with Crippen molar-refractivity contribution in [3.63, 3.8) is 0 Å². The lowest BCUT2D eigenvalue weighted by Crippen LogP contribution is -2.39. The molecule has 0 spiro atoms. The summed E-state index contributed by atoms with van der Waals surface area (Å²) in [6.07, 6.45) is 7.40. The van der Waals surface area contributed by atoms with Gasteiger partial charge in [-0.05, 0) is 20.8 Å². The Morgan fingerprint density at radius 2 is 2.18 bits per heavy atom. The Kier molecular flexibility index (Phi) is 5.99. The SMILES string of the molecule is CCOC(=O)C1=C(C=O)C(=CCn2ccnc2)c2c(cc3c(c2OC)CC(C(C)(C)O)O3)O1. The van der Waals surface area contributed by atoms with Crippen molar-refractivity contribution in [2.45, 2.75) is 45.4 Å². The lowest BCUT2D eigenvalue weighted by Gasteiger charge is -2.25. The fourth-order valence-corrected chi connectivity index (χ4v) is 3.98. The molecule has 2 aliphatic rings. The van der Waals surface area contributed by atoms with Crippen LogP contribution in [0.4, 0.5) is 0 Å². The van der Waals surface area contributed by atoms with Crippen LogP contribution in [-0.4, -0.2) is 52.3 Å². The molecule has 174 valence electrons. The number of methoxy groups -OCH3 is 1. The summed E-state index contributed by atoms with van der Waals surface area (Å²) in [5.41, 5.74) is 0.747. The minimum absolute atomic E-state index is 0.0669. The highest BCUT2D eigenvalue weighted by Gasteiger charge is 2.41. The van der Waals surface area contributed by atoms with Crippen molar-refractivity contribution in [3.8, 4) is 17.2 Å². The summed E-state index contributed by atoms with van der Waals surface area (Å²) in [4.78, 5) is 28.8. The zero-order valence-electron chi connectivity index (χ0n) is 19.0. The molecule has 2 aromatic rings. The molecule has 0 saturated heterocycles. The number of esters is 1. The van der Waals surface area contributed by atoms with Crippen molar-refractivity contribution in [2.75, 3.05) is 13.7 Å². The number of imidazole rings is 1. The lowest BCUT2D eigenvalue weighted by atomic mass is 9.89. The van der Waals surface area contributed by atoms with Crippen LogP contribution in [0.1, 0.15) is 31.9 Å². The van der Waals surface area contributed by atoms with Crippen LogP contribution in [0.3, 0.4) is 0 Å². The molecule has 0 aliphatic carbocycles. The largest absolute Gasteiger partial charge is 0.496 e. The second kappa shape index (κ2) is 8.74. The monoisotopic (exact) mass is 454 g/mol. The molecule has 2 aliphatic heterocycles. The van der Waals surface area contributed by atoms with Gasteiger partial charge in [0.1, 0.15) is 23.4 Å². The van der Waals surface area contributed by atoms with Crippen molar-refractivity contribution < 1.29 is 33.6 Å². The van der Waals surface area contributed by atoms with Gasteiger partial charge in [-0.3, -0.25) is 4.79 Å². The molecule has 4 rings (SSSR count). The molecule has 0 radical (unpaired) electrons. The highest BCUT2D eigenvalue weighted by atomic mass is 16.6. The predicted octanol–water partition coefficient (Wildman–Crippen LogP) is 2.46. The summed E-state index contributed by atoms with van der Waals surface area (Å²) >= 11 is 0. The van der Waals surface area contributed by atoms with Gasteiger partial charge in [0, 0.05) is 42.6 Å². The van der Waals surface area contributed by atoms with Gasteiger partial charge in [0.25, 0.3) is 0 Å². The lowest BCUT2D eigenvalue weighted by molar-refractivity contribution is -0.141. The second-order valence-electron chi connectivity index (χ2n) is 8.28. The number of aromatic nitrogens is 2. The first-order valence-corrected chi connectivity index (χ1v) is 10.6. The van der Waals surface area contributed by atoms with Crippen molar-refractivity contribution >= 4 is 17.8 Å². The van der Waals surface area contributed by atoms with E-state index in [0.29, 0.717) is 47.6 Å². The van der Waals surface area contributed by atoms with E-state index in [9.17, 15) is 14.7 Å². The van der Waals surface area contributed by atoms with E-state index < -0.39 is 17.7 Å². The zero-order chi connectivity index (χ0) is 23.8. The number of benzene rings is 1. The molecule has 9 heteroatoms. The van der Waals surface area contributed by atoms with Crippen LogP contribution in [0.2, 0.25) is 0 Å². The quantitative estimate of drug-likeness (QED) is 0.502. The van der Waals surface area contributed by atoms with E-state index in [1.807, 2.05) is 10.6 Å². The number of carbonyl (C=O) groups is 2. The maximum absolute atomic E-state index is 12.6. The Morgan fingerprint density at radius 3 is 2.79 bits per heavy atom. The van der Waals surface area contributed by atoms with Crippen LogP contribution in [0.5, 0.6) is 17.2 Å². The van der Waals surface area contributed by atoms with E-state index in [1.165, 1.54) is 7.11 Å². The van der Waals surface area contributed by atoms with E-state index in [2.05, 4.69) is 4.98 Å². The summed E-state index contributed by atoms with van der Waals surface area (Å²) in [5.74, 6) is 0.314. The number of hydrogen-bond donors (Lipinski definition) is 1. The molecule has 0 saturated carbocycles. The molecule has 1 atom stereocenters. The van der Waals surface area contributed by atoms with Crippen LogP contribution >= 0.6 is 0 Å². The van der Waals surface area contributed by atoms with E-state index in [4.69, 9.17) is 18.9 Å². The molecule has 9 nitrogen and oxygen atoms in total. The van der Waals surface area contributed by atoms with E-state index in [-0.39, 0.29) is 17.9 Å². The number of rotatable bonds is 7. The topological polar surface area (TPSA) is 109 Å². The van der Waals surface area contributed by atoms with Crippen LogP contribution in [0, 0.1) is 0 Å². The Morgan fingerprint density at radius 1 is 1.39 bits per heavy atom. The van der Waals surface area contributed by atoms with Crippen molar-refractivity contribution in [2.24, 2.45) is 0 Å². The molecule has 33 heavy (non-hydrogen) atoms. The number of aldehydes is 1. The maximum atomic E-state index is 12.6. The first-order chi connectivity index (χ1) is 15.8. The molecular formula is C24H26N2O7. The second-order valence-corrected chi connectivity index (χ2v) is 8.28. The molecule has 1 N–H and O–H groups in total. The van der Waals surface area contributed by atoms with Crippen LogP contribution in [-0.2, 0) is 27.3 Å². The average Bonchev–Trinajstić information content (AvgIpc) is 3.44. The number of allylic oxidation sites excluding steroid dienone is 3. The van der Waals surface area contributed by atoms with E-state index >= 15 is 0 Å². The predicted molar refractivity (Wildman–Crippen MR) is 118 cm³/mol. The Balaban J connectivity index is 1.90. The Bertz CT molecular complexity index is 1140. The summed E-state index contributed by atoms with van der Waals surface area (Å²) < 4.78 is 24.6.